The Balaban J connectivity index is 2.19. The third kappa shape index (κ3) is 2.79. The number of aromatic carboxylic acids is 1. The highest BCUT2D eigenvalue weighted by molar-refractivity contribution is 5.98. The lowest BCUT2D eigenvalue weighted by Crippen LogP contribution is -2.25. The zero-order chi connectivity index (χ0) is 14.9. The number of carboxylic acid groups (broad SMARTS) is 1. The molecule has 1 aliphatic heterocycles. The van der Waals surface area contributed by atoms with Gasteiger partial charge in [-0.25, -0.2) is 4.79 Å². The van der Waals surface area contributed by atoms with E-state index in [1.165, 1.54) is 6.07 Å². The maximum Gasteiger partial charge on any atom is 0.336 e. The number of hydrogen-bond donors (Lipinski definition) is 3. The molecule has 0 aromatic heterocycles. The zero-order valence-corrected chi connectivity index (χ0v) is 11.3. The number of rotatable bonds is 3. The van der Waals surface area contributed by atoms with Crippen molar-refractivity contribution in [2.24, 2.45) is 5.92 Å². The topological polar surface area (TPSA) is 95.5 Å². The van der Waals surface area contributed by atoms with Crippen molar-refractivity contribution < 1.29 is 19.5 Å². The van der Waals surface area contributed by atoms with Crippen molar-refractivity contribution >= 4 is 23.5 Å². The normalized spacial score (nSPS) is 17.7. The predicted octanol–water partition coefficient (Wildman–Crippen LogP) is 1.08. The monoisotopic (exact) mass is 276 g/mol. The van der Waals surface area contributed by atoms with Gasteiger partial charge in [-0.2, -0.15) is 0 Å². The molecule has 3 N–H and O–H groups in total. The van der Waals surface area contributed by atoms with Gasteiger partial charge >= 0.3 is 5.97 Å². The molecular weight excluding hydrogens is 260 g/mol. The summed E-state index contributed by atoms with van der Waals surface area (Å²) < 4.78 is 0. The van der Waals surface area contributed by atoms with Crippen molar-refractivity contribution in [3.63, 3.8) is 0 Å². The molecule has 2 amide bonds. The number of amides is 2. The molecule has 1 atom stereocenters. The van der Waals surface area contributed by atoms with Crippen molar-refractivity contribution in [1.29, 1.82) is 0 Å². The summed E-state index contributed by atoms with van der Waals surface area (Å²) in [4.78, 5) is 34.2. The van der Waals surface area contributed by atoms with Crippen molar-refractivity contribution in [2.75, 3.05) is 11.9 Å². The number of nitrogens with one attached hydrogen (secondary N) is 2. The molecular formula is C14H16N2O4. The molecule has 1 unspecified atom stereocenters. The summed E-state index contributed by atoms with van der Waals surface area (Å²) in [6, 6.07) is 3.16. The van der Waals surface area contributed by atoms with Crippen molar-refractivity contribution in [2.45, 2.75) is 20.3 Å². The van der Waals surface area contributed by atoms with Gasteiger partial charge in [-0.05, 0) is 37.1 Å². The van der Waals surface area contributed by atoms with Crippen LogP contribution in [-0.2, 0) is 9.59 Å². The molecule has 1 aliphatic rings. The smallest absolute Gasteiger partial charge is 0.336 e. The molecule has 0 radical (unpaired) electrons. The molecule has 1 saturated heterocycles. The lowest BCUT2D eigenvalue weighted by Gasteiger charge is -2.12. The molecule has 0 aliphatic carbocycles. The Morgan fingerprint density at radius 3 is 2.60 bits per heavy atom. The van der Waals surface area contributed by atoms with Gasteiger partial charge in [-0.3, -0.25) is 9.59 Å². The number of anilines is 1. The van der Waals surface area contributed by atoms with Crippen LogP contribution in [0.5, 0.6) is 0 Å². The molecule has 0 saturated carbocycles. The van der Waals surface area contributed by atoms with Crippen LogP contribution in [0.3, 0.4) is 0 Å². The molecule has 2 rings (SSSR count). The summed E-state index contributed by atoms with van der Waals surface area (Å²) in [5.41, 5.74) is 2.07. The molecule has 1 fully saturated rings. The van der Waals surface area contributed by atoms with E-state index in [4.69, 9.17) is 5.11 Å². The van der Waals surface area contributed by atoms with E-state index in [-0.39, 0.29) is 23.8 Å². The van der Waals surface area contributed by atoms with Gasteiger partial charge in [0.1, 0.15) is 0 Å². The molecule has 0 spiro atoms. The van der Waals surface area contributed by atoms with E-state index >= 15 is 0 Å². The first-order valence-corrected chi connectivity index (χ1v) is 6.30. The van der Waals surface area contributed by atoms with Gasteiger partial charge in [0.25, 0.3) is 0 Å². The lowest BCUT2D eigenvalue weighted by atomic mass is 10.0. The van der Waals surface area contributed by atoms with Gasteiger partial charge in [0.05, 0.1) is 11.5 Å². The van der Waals surface area contributed by atoms with Crippen LogP contribution in [0.1, 0.15) is 27.9 Å². The fourth-order valence-corrected chi connectivity index (χ4v) is 2.19. The quantitative estimate of drug-likeness (QED) is 0.769. The molecule has 20 heavy (non-hydrogen) atoms. The van der Waals surface area contributed by atoms with E-state index in [2.05, 4.69) is 10.6 Å². The first-order chi connectivity index (χ1) is 9.38. The SMILES string of the molecule is Cc1cc(NC(=O)C2CNC(=O)C2)cc(C(=O)O)c1C. The summed E-state index contributed by atoms with van der Waals surface area (Å²) in [5.74, 6) is -1.85. The Hall–Kier alpha value is -2.37. The Bertz CT molecular complexity index is 595. The second-order valence-electron chi connectivity index (χ2n) is 4.97. The minimum Gasteiger partial charge on any atom is -0.478 e. The lowest BCUT2D eigenvalue weighted by molar-refractivity contribution is -0.123. The minimum absolute atomic E-state index is 0.142. The molecule has 1 aromatic rings. The Morgan fingerprint density at radius 2 is 2.05 bits per heavy atom. The summed E-state index contributed by atoms with van der Waals surface area (Å²) in [5, 5.41) is 14.4. The van der Waals surface area contributed by atoms with Crippen LogP contribution in [0.4, 0.5) is 5.69 Å². The Kier molecular flexibility index (Phi) is 3.74. The van der Waals surface area contributed by atoms with Crippen molar-refractivity contribution in [3.05, 3.63) is 28.8 Å². The predicted molar refractivity (Wildman–Crippen MR) is 72.6 cm³/mol. The number of carbonyl (C=O) groups is 3. The maximum atomic E-state index is 12.0. The van der Waals surface area contributed by atoms with Crippen molar-refractivity contribution in [3.8, 4) is 0 Å². The standard InChI is InChI=1S/C14H16N2O4/c1-7-3-10(5-11(8(7)2)14(19)20)16-13(18)9-4-12(17)15-6-9/h3,5,9H,4,6H2,1-2H3,(H,15,17)(H,16,18)(H,19,20). The Morgan fingerprint density at radius 1 is 1.35 bits per heavy atom. The highest BCUT2D eigenvalue weighted by Crippen LogP contribution is 2.21. The second-order valence-corrected chi connectivity index (χ2v) is 4.97. The summed E-state index contributed by atoms with van der Waals surface area (Å²) >= 11 is 0. The molecule has 1 heterocycles. The van der Waals surface area contributed by atoms with Gasteiger partial charge in [0.2, 0.25) is 11.8 Å². The maximum absolute atomic E-state index is 12.0. The van der Waals surface area contributed by atoms with Gasteiger partial charge in [-0.15, -0.1) is 0 Å². The third-order valence-corrected chi connectivity index (χ3v) is 3.51. The number of carboxylic acids is 1. The number of carbonyl (C=O) groups excluding carboxylic acids is 2. The fraction of sp³-hybridized carbons (Fsp3) is 0.357. The average Bonchev–Trinajstić information content (AvgIpc) is 2.80. The Labute approximate surface area is 116 Å². The van der Waals surface area contributed by atoms with Crippen LogP contribution in [0, 0.1) is 19.8 Å². The van der Waals surface area contributed by atoms with Gasteiger partial charge in [-0.1, -0.05) is 0 Å². The summed E-state index contributed by atoms with van der Waals surface area (Å²) in [7, 11) is 0. The molecule has 6 heteroatoms. The summed E-state index contributed by atoms with van der Waals surface area (Å²) in [6.45, 7) is 3.84. The van der Waals surface area contributed by atoms with E-state index in [9.17, 15) is 14.4 Å². The van der Waals surface area contributed by atoms with Crippen LogP contribution in [0.2, 0.25) is 0 Å². The minimum atomic E-state index is -1.03. The molecule has 1 aromatic carbocycles. The third-order valence-electron chi connectivity index (χ3n) is 3.51. The molecule has 6 nitrogen and oxygen atoms in total. The molecule has 106 valence electrons. The number of hydrogen-bond acceptors (Lipinski definition) is 3. The largest absolute Gasteiger partial charge is 0.478 e. The van der Waals surface area contributed by atoms with Gasteiger partial charge in [0, 0.05) is 18.7 Å². The number of benzene rings is 1. The zero-order valence-electron chi connectivity index (χ0n) is 11.3. The van der Waals surface area contributed by atoms with Crippen LogP contribution >= 0.6 is 0 Å². The van der Waals surface area contributed by atoms with Crippen LogP contribution in [-0.4, -0.2) is 29.4 Å². The van der Waals surface area contributed by atoms with E-state index in [0.717, 1.165) is 5.56 Å². The van der Waals surface area contributed by atoms with Gasteiger partial charge in [0.15, 0.2) is 0 Å². The first kappa shape index (κ1) is 14.0. The number of aryl methyl sites for hydroxylation is 1. The van der Waals surface area contributed by atoms with Crippen molar-refractivity contribution in [1.82, 2.24) is 5.32 Å². The fourth-order valence-electron chi connectivity index (χ4n) is 2.19. The van der Waals surface area contributed by atoms with Crippen LogP contribution < -0.4 is 10.6 Å². The molecule has 0 bridgehead atoms. The van der Waals surface area contributed by atoms with E-state index in [0.29, 0.717) is 17.8 Å². The van der Waals surface area contributed by atoms with E-state index in [1.807, 2.05) is 0 Å². The summed E-state index contributed by atoms with van der Waals surface area (Å²) in [6.07, 6.45) is 0.169. The highest BCUT2D eigenvalue weighted by atomic mass is 16.4. The van der Waals surface area contributed by atoms with E-state index < -0.39 is 11.9 Å². The van der Waals surface area contributed by atoms with E-state index in [1.54, 1.807) is 19.9 Å². The van der Waals surface area contributed by atoms with Crippen LogP contribution in [0.15, 0.2) is 12.1 Å². The van der Waals surface area contributed by atoms with Gasteiger partial charge < -0.3 is 15.7 Å². The average molecular weight is 276 g/mol. The van der Waals surface area contributed by atoms with Crippen LogP contribution in [0.25, 0.3) is 0 Å². The highest BCUT2D eigenvalue weighted by Gasteiger charge is 2.28. The second kappa shape index (κ2) is 5.32. The first-order valence-electron chi connectivity index (χ1n) is 6.30.